The summed E-state index contributed by atoms with van der Waals surface area (Å²) in [6.45, 7) is 4.98. The van der Waals surface area contributed by atoms with E-state index in [0.29, 0.717) is 25.9 Å². The topological polar surface area (TPSA) is 95.9 Å². The molecule has 6 heteroatoms. The maximum Gasteiger partial charge on any atom is 0.305 e. The predicted octanol–water partition coefficient (Wildman–Crippen LogP) is 25.3. The first kappa shape index (κ1) is 82.3. The highest BCUT2D eigenvalue weighted by atomic mass is 16.5. The highest BCUT2D eigenvalue weighted by Gasteiger charge is 2.20. The summed E-state index contributed by atoms with van der Waals surface area (Å²) in [5.74, 6) is -0.0204. The Kier molecular flexibility index (Phi) is 72.3. The molecule has 2 atom stereocenters. The molecule has 0 saturated heterocycles. The van der Waals surface area contributed by atoms with Gasteiger partial charge < -0.3 is 20.3 Å². The Morgan fingerprint density at radius 3 is 0.857 bits per heavy atom. The summed E-state index contributed by atoms with van der Waals surface area (Å²) in [6, 6.07) is -0.542. The number of hydrogen-bond donors (Lipinski definition) is 3. The monoisotopic (exact) mass is 1180 g/mol. The van der Waals surface area contributed by atoms with E-state index in [1.807, 2.05) is 0 Å². The zero-order valence-corrected chi connectivity index (χ0v) is 57.2. The van der Waals surface area contributed by atoms with E-state index >= 15 is 0 Å². The summed E-state index contributed by atoms with van der Waals surface area (Å²) in [7, 11) is 0. The molecule has 0 rings (SSSR count). The Morgan fingerprint density at radius 2 is 0.560 bits per heavy atom. The molecule has 0 aromatic rings. The van der Waals surface area contributed by atoms with Gasteiger partial charge in [0.15, 0.2) is 0 Å². The van der Waals surface area contributed by atoms with Crippen LogP contribution in [-0.2, 0) is 14.3 Å². The number of allylic oxidation sites excluding steroid dienone is 4. The number of aliphatic hydroxyl groups excluding tert-OH is 2. The van der Waals surface area contributed by atoms with Crippen LogP contribution in [0.3, 0.4) is 0 Å². The van der Waals surface area contributed by atoms with Crippen LogP contribution in [0.5, 0.6) is 0 Å². The van der Waals surface area contributed by atoms with Crippen molar-refractivity contribution < 1.29 is 24.5 Å². The molecule has 498 valence electrons. The van der Waals surface area contributed by atoms with E-state index in [1.165, 1.54) is 360 Å². The largest absolute Gasteiger partial charge is 0.466 e. The maximum absolute atomic E-state index is 12.6. The first-order valence-corrected chi connectivity index (χ1v) is 38.6. The molecule has 0 aliphatic rings. The van der Waals surface area contributed by atoms with Gasteiger partial charge in [-0.15, -0.1) is 0 Å². The number of ether oxygens (including phenoxy) is 1. The fourth-order valence-corrected chi connectivity index (χ4v) is 12.3. The number of hydrogen-bond acceptors (Lipinski definition) is 5. The van der Waals surface area contributed by atoms with Gasteiger partial charge in [0.1, 0.15) is 0 Å². The molecule has 0 aromatic carbocycles. The first-order valence-electron chi connectivity index (χ1n) is 38.6. The second kappa shape index (κ2) is 73.8. The van der Waals surface area contributed by atoms with Crippen LogP contribution in [0, 0.1) is 0 Å². The van der Waals surface area contributed by atoms with E-state index in [0.717, 1.165) is 44.9 Å². The molecule has 0 aliphatic carbocycles. The van der Waals surface area contributed by atoms with Crippen molar-refractivity contribution in [2.45, 2.75) is 450 Å². The number of esters is 1. The van der Waals surface area contributed by atoms with Crippen LogP contribution in [0.15, 0.2) is 24.3 Å². The van der Waals surface area contributed by atoms with Crippen LogP contribution in [0.25, 0.3) is 0 Å². The highest BCUT2D eigenvalue weighted by molar-refractivity contribution is 5.76. The van der Waals surface area contributed by atoms with Crippen molar-refractivity contribution in [1.82, 2.24) is 5.32 Å². The fourth-order valence-electron chi connectivity index (χ4n) is 12.3. The SMILES string of the molecule is CCCCCC/C=C\CCCCCCCC(=O)OCCCCCCCCCCCCCC/C=C\CCCCCCCCCCCCCCCC(=O)NC(CO)C(O)CCCCCCCCCCCCCCCCCCCCCCCCCCC. The highest BCUT2D eigenvalue weighted by Crippen LogP contribution is 2.20. The van der Waals surface area contributed by atoms with Crippen LogP contribution < -0.4 is 5.32 Å². The molecule has 84 heavy (non-hydrogen) atoms. The Hall–Kier alpha value is -1.66. The lowest BCUT2D eigenvalue weighted by Gasteiger charge is -2.22. The average molecular weight is 1180 g/mol. The van der Waals surface area contributed by atoms with Crippen LogP contribution in [0.1, 0.15) is 438 Å². The first-order chi connectivity index (χ1) is 41.5. The number of carbonyl (C=O) groups is 2. The van der Waals surface area contributed by atoms with Crippen molar-refractivity contribution in [1.29, 1.82) is 0 Å². The number of carbonyl (C=O) groups excluding carboxylic acids is 2. The third kappa shape index (κ3) is 69.4. The summed E-state index contributed by atoms with van der Waals surface area (Å²) in [6.07, 6.45) is 94.0. The van der Waals surface area contributed by atoms with Gasteiger partial charge in [-0.2, -0.15) is 0 Å². The lowest BCUT2D eigenvalue weighted by molar-refractivity contribution is -0.143. The minimum atomic E-state index is -0.665. The van der Waals surface area contributed by atoms with Gasteiger partial charge in [0, 0.05) is 12.8 Å². The molecular formula is C78H151NO5. The number of nitrogens with one attached hydrogen (secondary N) is 1. The Bertz CT molecular complexity index is 1320. The molecule has 0 aliphatic heterocycles. The third-order valence-corrected chi connectivity index (χ3v) is 18.2. The Morgan fingerprint density at radius 1 is 0.321 bits per heavy atom. The van der Waals surface area contributed by atoms with E-state index in [-0.39, 0.29) is 18.5 Å². The van der Waals surface area contributed by atoms with Crippen molar-refractivity contribution in [3.05, 3.63) is 24.3 Å². The minimum Gasteiger partial charge on any atom is -0.466 e. The number of rotatable bonds is 73. The quantitative estimate of drug-likeness (QED) is 0.0320. The van der Waals surface area contributed by atoms with Crippen molar-refractivity contribution in [3.8, 4) is 0 Å². The molecule has 0 aromatic heterocycles. The maximum atomic E-state index is 12.6. The van der Waals surface area contributed by atoms with Crippen molar-refractivity contribution in [2.24, 2.45) is 0 Å². The van der Waals surface area contributed by atoms with Crippen LogP contribution in [0.2, 0.25) is 0 Å². The second-order valence-corrected chi connectivity index (χ2v) is 26.7. The molecule has 3 N–H and O–H groups in total. The standard InChI is InChI=1S/C78H151NO5/c1-3-5-7-9-11-13-15-17-18-19-20-21-22-28-31-34-37-40-43-47-50-54-58-62-66-70-76(81)75(74-80)79-77(82)71-67-63-59-55-51-48-44-41-38-35-32-29-26-24-23-25-27-30-33-36-39-42-45-49-53-57-61-65-69-73-84-78(83)72-68-64-60-56-52-46-16-14-12-10-8-6-4-2/h14,16,23,25,75-76,80-81H,3-13,15,17-22,24,26-74H2,1-2H3,(H,79,82)/b16-14-,25-23-. The molecule has 0 spiro atoms. The van der Waals surface area contributed by atoms with Gasteiger partial charge in [0.05, 0.1) is 25.4 Å². The molecular weight excluding hydrogens is 1030 g/mol. The molecule has 6 nitrogen and oxygen atoms in total. The van der Waals surface area contributed by atoms with Crippen molar-refractivity contribution in [2.75, 3.05) is 13.2 Å². The van der Waals surface area contributed by atoms with Gasteiger partial charge in [-0.3, -0.25) is 9.59 Å². The summed E-state index contributed by atoms with van der Waals surface area (Å²) in [4.78, 5) is 24.6. The predicted molar refractivity (Wildman–Crippen MR) is 370 cm³/mol. The third-order valence-electron chi connectivity index (χ3n) is 18.2. The number of aliphatic hydroxyl groups is 2. The number of amides is 1. The van der Waals surface area contributed by atoms with Crippen molar-refractivity contribution >= 4 is 11.9 Å². The summed E-state index contributed by atoms with van der Waals surface area (Å²) in [5, 5.41) is 23.5. The Balaban J connectivity index is 3.37. The summed E-state index contributed by atoms with van der Waals surface area (Å²) in [5.41, 5.74) is 0. The van der Waals surface area contributed by atoms with Crippen LogP contribution in [0.4, 0.5) is 0 Å². The van der Waals surface area contributed by atoms with E-state index in [2.05, 4.69) is 43.5 Å². The smallest absolute Gasteiger partial charge is 0.305 e. The van der Waals surface area contributed by atoms with E-state index in [1.54, 1.807) is 0 Å². The van der Waals surface area contributed by atoms with Crippen LogP contribution >= 0.6 is 0 Å². The average Bonchev–Trinajstić information content (AvgIpc) is 3.51. The second-order valence-electron chi connectivity index (χ2n) is 26.7. The van der Waals surface area contributed by atoms with Gasteiger partial charge in [0.25, 0.3) is 0 Å². The zero-order valence-electron chi connectivity index (χ0n) is 57.2. The fraction of sp³-hybridized carbons (Fsp3) is 0.923. The van der Waals surface area contributed by atoms with Crippen LogP contribution in [-0.4, -0.2) is 47.4 Å². The molecule has 2 unspecified atom stereocenters. The molecule has 0 radical (unpaired) electrons. The van der Waals surface area contributed by atoms with Gasteiger partial charge >= 0.3 is 5.97 Å². The van der Waals surface area contributed by atoms with Gasteiger partial charge in [-0.1, -0.05) is 372 Å². The summed E-state index contributed by atoms with van der Waals surface area (Å²) < 4.78 is 5.48. The van der Waals surface area contributed by atoms with E-state index in [9.17, 15) is 19.8 Å². The summed E-state index contributed by atoms with van der Waals surface area (Å²) >= 11 is 0. The Labute approximate surface area is 526 Å². The lowest BCUT2D eigenvalue weighted by Crippen LogP contribution is -2.45. The molecule has 1 amide bonds. The zero-order chi connectivity index (χ0) is 60.6. The normalized spacial score (nSPS) is 12.6. The van der Waals surface area contributed by atoms with Gasteiger partial charge in [-0.25, -0.2) is 0 Å². The molecule has 0 fully saturated rings. The van der Waals surface area contributed by atoms with Gasteiger partial charge in [-0.05, 0) is 77.0 Å². The minimum absolute atomic E-state index is 0.00816. The molecule has 0 bridgehead atoms. The molecule has 0 heterocycles. The van der Waals surface area contributed by atoms with Crippen molar-refractivity contribution in [3.63, 3.8) is 0 Å². The molecule has 0 saturated carbocycles. The van der Waals surface area contributed by atoms with E-state index in [4.69, 9.17) is 4.74 Å². The van der Waals surface area contributed by atoms with Gasteiger partial charge in [0.2, 0.25) is 5.91 Å². The van der Waals surface area contributed by atoms with E-state index < -0.39 is 12.1 Å². The lowest BCUT2D eigenvalue weighted by atomic mass is 10.0. The number of unbranched alkanes of at least 4 members (excludes halogenated alkanes) is 58.